The molecule has 0 radical (unpaired) electrons. The Kier molecular flexibility index (Phi) is 4.74. The number of carbonyl (C=O) groups is 1. The van der Waals surface area contributed by atoms with Crippen LogP contribution in [0.5, 0.6) is 5.75 Å². The molecule has 20 heavy (non-hydrogen) atoms. The lowest BCUT2D eigenvalue weighted by Gasteiger charge is -2.03. The fourth-order valence-electron chi connectivity index (χ4n) is 1.60. The van der Waals surface area contributed by atoms with E-state index >= 15 is 0 Å². The van der Waals surface area contributed by atoms with Gasteiger partial charge in [0.05, 0.1) is 13.3 Å². The molecule has 2 aromatic rings. The number of halogens is 1. The van der Waals surface area contributed by atoms with E-state index in [-0.39, 0.29) is 5.91 Å². The van der Waals surface area contributed by atoms with Crippen molar-refractivity contribution in [3.63, 3.8) is 0 Å². The maximum atomic E-state index is 11.8. The summed E-state index contributed by atoms with van der Waals surface area (Å²) in [6.45, 7) is 0. The van der Waals surface area contributed by atoms with Gasteiger partial charge in [0.15, 0.2) is 0 Å². The SMILES string of the molecule is COc1ccccc1/C=N\NC(=O)c1ccc(Cl)cc1. The lowest BCUT2D eigenvalue weighted by atomic mass is 10.2. The Morgan fingerprint density at radius 3 is 2.60 bits per heavy atom. The molecule has 0 fully saturated rings. The molecule has 0 unspecified atom stereocenters. The molecule has 0 aliphatic carbocycles. The number of benzene rings is 2. The van der Waals surface area contributed by atoms with Gasteiger partial charge < -0.3 is 4.74 Å². The van der Waals surface area contributed by atoms with Gasteiger partial charge in [0.25, 0.3) is 5.91 Å². The highest BCUT2D eigenvalue weighted by atomic mass is 35.5. The number of nitrogens with one attached hydrogen (secondary N) is 1. The molecule has 0 atom stereocenters. The van der Waals surface area contributed by atoms with Crippen LogP contribution in [-0.4, -0.2) is 19.2 Å². The molecule has 1 N–H and O–H groups in total. The Morgan fingerprint density at radius 2 is 1.90 bits per heavy atom. The lowest BCUT2D eigenvalue weighted by Crippen LogP contribution is -2.17. The van der Waals surface area contributed by atoms with Crippen molar-refractivity contribution in [3.05, 3.63) is 64.7 Å². The molecular formula is C15H13ClN2O2. The summed E-state index contributed by atoms with van der Waals surface area (Å²) >= 11 is 5.76. The molecule has 0 saturated heterocycles. The smallest absolute Gasteiger partial charge is 0.271 e. The molecule has 1 amide bonds. The van der Waals surface area contributed by atoms with Crippen LogP contribution in [-0.2, 0) is 0 Å². The van der Waals surface area contributed by atoms with E-state index in [1.807, 2.05) is 24.3 Å². The average Bonchev–Trinajstić information content (AvgIpc) is 2.48. The van der Waals surface area contributed by atoms with Crippen LogP contribution >= 0.6 is 11.6 Å². The summed E-state index contributed by atoms with van der Waals surface area (Å²) in [7, 11) is 1.58. The van der Waals surface area contributed by atoms with E-state index in [0.29, 0.717) is 16.3 Å². The van der Waals surface area contributed by atoms with Crippen molar-refractivity contribution in [1.82, 2.24) is 5.43 Å². The van der Waals surface area contributed by atoms with Crippen LogP contribution in [0.3, 0.4) is 0 Å². The van der Waals surface area contributed by atoms with Gasteiger partial charge in [-0.25, -0.2) is 5.43 Å². The molecule has 102 valence electrons. The van der Waals surface area contributed by atoms with Gasteiger partial charge in [-0.15, -0.1) is 0 Å². The van der Waals surface area contributed by atoms with Crippen LogP contribution in [0.15, 0.2) is 53.6 Å². The lowest BCUT2D eigenvalue weighted by molar-refractivity contribution is 0.0955. The highest BCUT2D eigenvalue weighted by Crippen LogP contribution is 2.14. The molecule has 0 bridgehead atoms. The van der Waals surface area contributed by atoms with Gasteiger partial charge in [-0.3, -0.25) is 4.79 Å². The molecule has 0 aliphatic heterocycles. The zero-order chi connectivity index (χ0) is 14.4. The van der Waals surface area contributed by atoms with Crippen LogP contribution in [0.4, 0.5) is 0 Å². The number of hydrogen-bond donors (Lipinski definition) is 1. The molecule has 0 aromatic heterocycles. The van der Waals surface area contributed by atoms with E-state index < -0.39 is 0 Å². The number of rotatable bonds is 4. The minimum absolute atomic E-state index is 0.298. The third-order valence-electron chi connectivity index (χ3n) is 2.62. The van der Waals surface area contributed by atoms with Gasteiger partial charge in [0.1, 0.15) is 5.75 Å². The van der Waals surface area contributed by atoms with Crippen molar-refractivity contribution < 1.29 is 9.53 Å². The third kappa shape index (κ3) is 3.59. The summed E-state index contributed by atoms with van der Waals surface area (Å²) in [5.41, 5.74) is 3.73. The van der Waals surface area contributed by atoms with Gasteiger partial charge in [0.2, 0.25) is 0 Å². The first kappa shape index (κ1) is 14.1. The van der Waals surface area contributed by atoms with Gasteiger partial charge >= 0.3 is 0 Å². The summed E-state index contributed by atoms with van der Waals surface area (Å²) in [4.78, 5) is 11.8. The van der Waals surface area contributed by atoms with Crippen molar-refractivity contribution in [2.45, 2.75) is 0 Å². The highest BCUT2D eigenvalue weighted by Gasteiger charge is 2.03. The zero-order valence-corrected chi connectivity index (χ0v) is 11.6. The Bertz CT molecular complexity index is 624. The standard InChI is InChI=1S/C15H13ClN2O2/c1-20-14-5-3-2-4-12(14)10-17-18-15(19)11-6-8-13(16)9-7-11/h2-10H,1H3,(H,18,19)/b17-10-. The summed E-state index contributed by atoms with van der Waals surface area (Å²) < 4.78 is 5.18. The monoisotopic (exact) mass is 288 g/mol. The summed E-state index contributed by atoms with van der Waals surface area (Å²) in [5, 5.41) is 4.49. The van der Waals surface area contributed by atoms with Gasteiger partial charge in [-0.1, -0.05) is 23.7 Å². The second kappa shape index (κ2) is 6.73. The maximum absolute atomic E-state index is 11.8. The highest BCUT2D eigenvalue weighted by molar-refractivity contribution is 6.30. The second-order valence-electron chi connectivity index (χ2n) is 3.95. The van der Waals surface area contributed by atoms with Crippen molar-refractivity contribution >= 4 is 23.7 Å². The predicted octanol–water partition coefficient (Wildman–Crippen LogP) is 3.11. The van der Waals surface area contributed by atoms with Gasteiger partial charge in [-0.2, -0.15) is 5.10 Å². The van der Waals surface area contributed by atoms with Crippen LogP contribution in [0.25, 0.3) is 0 Å². The number of amides is 1. The molecule has 0 spiro atoms. The third-order valence-corrected chi connectivity index (χ3v) is 2.87. The number of methoxy groups -OCH3 is 1. The minimum Gasteiger partial charge on any atom is -0.496 e. The van der Waals surface area contributed by atoms with Crippen molar-refractivity contribution in [1.29, 1.82) is 0 Å². The largest absolute Gasteiger partial charge is 0.496 e. The molecule has 5 heteroatoms. The summed E-state index contributed by atoms with van der Waals surface area (Å²) in [5.74, 6) is 0.393. The summed E-state index contributed by atoms with van der Waals surface area (Å²) in [6.07, 6.45) is 1.53. The zero-order valence-electron chi connectivity index (χ0n) is 10.8. The second-order valence-corrected chi connectivity index (χ2v) is 4.38. The average molecular weight is 289 g/mol. The quantitative estimate of drug-likeness (QED) is 0.694. The van der Waals surface area contributed by atoms with E-state index in [4.69, 9.17) is 16.3 Å². The first-order valence-electron chi connectivity index (χ1n) is 5.92. The summed E-state index contributed by atoms with van der Waals surface area (Å²) in [6, 6.07) is 14.0. The number of hydrogen-bond acceptors (Lipinski definition) is 3. The van der Waals surface area contributed by atoms with Crippen molar-refractivity contribution in [2.75, 3.05) is 7.11 Å². The number of hydrazone groups is 1. The van der Waals surface area contributed by atoms with Crippen LogP contribution < -0.4 is 10.2 Å². The molecule has 4 nitrogen and oxygen atoms in total. The Hall–Kier alpha value is -2.33. The van der Waals surface area contributed by atoms with Crippen LogP contribution in [0, 0.1) is 0 Å². The fourth-order valence-corrected chi connectivity index (χ4v) is 1.73. The van der Waals surface area contributed by atoms with Crippen LogP contribution in [0.2, 0.25) is 5.02 Å². The minimum atomic E-state index is -0.298. The van der Waals surface area contributed by atoms with Gasteiger partial charge in [-0.05, 0) is 36.4 Å². The first-order valence-corrected chi connectivity index (χ1v) is 6.30. The van der Waals surface area contributed by atoms with Crippen molar-refractivity contribution in [2.24, 2.45) is 5.10 Å². The number of nitrogens with zero attached hydrogens (tertiary/aromatic N) is 1. The van der Waals surface area contributed by atoms with E-state index in [0.717, 1.165) is 5.56 Å². The molecule has 0 heterocycles. The van der Waals surface area contributed by atoms with Crippen molar-refractivity contribution in [3.8, 4) is 5.75 Å². The first-order chi connectivity index (χ1) is 9.70. The molecular weight excluding hydrogens is 276 g/mol. The van der Waals surface area contributed by atoms with E-state index in [1.165, 1.54) is 6.21 Å². The number of carbonyl (C=O) groups excluding carboxylic acids is 1. The number of para-hydroxylation sites is 1. The number of ether oxygens (including phenoxy) is 1. The Morgan fingerprint density at radius 1 is 1.20 bits per heavy atom. The predicted molar refractivity (Wildman–Crippen MR) is 79.5 cm³/mol. The fraction of sp³-hybridized carbons (Fsp3) is 0.0667. The maximum Gasteiger partial charge on any atom is 0.271 e. The van der Waals surface area contributed by atoms with E-state index in [2.05, 4.69) is 10.5 Å². The Labute approximate surface area is 122 Å². The molecule has 0 saturated carbocycles. The van der Waals surface area contributed by atoms with E-state index in [1.54, 1.807) is 31.4 Å². The molecule has 0 aliphatic rings. The van der Waals surface area contributed by atoms with E-state index in [9.17, 15) is 4.79 Å². The topological polar surface area (TPSA) is 50.7 Å². The van der Waals surface area contributed by atoms with Crippen LogP contribution in [0.1, 0.15) is 15.9 Å². The normalized spacial score (nSPS) is 10.5. The van der Waals surface area contributed by atoms with Gasteiger partial charge in [0, 0.05) is 16.1 Å². The Balaban J connectivity index is 2.02. The molecule has 2 aromatic carbocycles. The molecule has 2 rings (SSSR count).